The van der Waals surface area contributed by atoms with Crippen molar-refractivity contribution in [2.75, 3.05) is 13.1 Å². The highest BCUT2D eigenvalue weighted by Gasteiger charge is 2.24. The minimum absolute atomic E-state index is 0.0316. The van der Waals surface area contributed by atoms with Crippen molar-refractivity contribution in [1.82, 2.24) is 14.9 Å². The molecule has 0 aliphatic carbocycles. The zero-order chi connectivity index (χ0) is 18.6. The van der Waals surface area contributed by atoms with Crippen molar-refractivity contribution in [1.29, 1.82) is 0 Å². The lowest BCUT2D eigenvalue weighted by atomic mass is 9.94. The first-order valence-corrected chi connectivity index (χ1v) is 9.61. The summed E-state index contributed by atoms with van der Waals surface area (Å²) in [4.78, 5) is 22.8. The van der Waals surface area contributed by atoms with Crippen LogP contribution < -0.4 is 0 Å². The molecule has 2 heterocycles. The van der Waals surface area contributed by atoms with Gasteiger partial charge in [-0.3, -0.25) is 4.79 Å². The molecule has 1 saturated heterocycles. The third-order valence-corrected chi connectivity index (χ3v) is 5.35. The number of aromatic amines is 1. The van der Waals surface area contributed by atoms with Gasteiger partial charge in [0, 0.05) is 19.5 Å². The van der Waals surface area contributed by atoms with E-state index in [2.05, 4.69) is 9.97 Å². The van der Waals surface area contributed by atoms with Gasteiger partial charge in [-0.15, -0.1) is 0 Å². The maximum absolute atomic E-state index is 12.7. The summed E-state index contributed by atoms with van der Waals surface area (Å²) in [7, 11) is 0. The molecule has 5 heteroatoms. The van der Waals surface area contributed by atoms with Gasteiger partial charge in [-0.05, 0) is 42.0 Å². The van der Waals surface area contributed by atoms with E-state index in [1.165, 1.54) is 0 Å². The number of nitrogens with one attached hydrogen (secondary N) is 1. The molecule has 1 fully saturated rings. The van der Waals surface area contributed by atoms with Gasteiger partial charge in [0.15, 0.2) is 0 Å². The van der Waals surface area contributed by atoms with E-state index in [-0.39, 0.29) is 12.5 Å². The Morgan fingerprint density at radius 3 is 2.70 bits per heavy atom. The first-order valence-electron chi connectivity index (χ1n) is 9.61. The number of nitrogens with zero attached hydrogens (tertiary/aromatic N) is 2. The van der Waals surface area contributed by atoms with E-state index in [1.807, 2.05) is 53.4 Å². The van der Waals surface area contributed by atoms with Crippen LogP contribution in [0.1, 0.15) is 29.8 Å². The van der Waals surface area contributed by atoms with Gasteiger partial charge in [0.25, 0.3) is 0 Å². The molecule has 5 nitrogen and oxygen atoms in total. The SMILES string of the molecule is O=C(Cc1ccc(CO)cc1)N1CCCC(Cc2nc3ccccc3[nH]2)C1. The van der Waals surface area contributed by atoms with Gasteiger partial charge >= 0.3 is 0 Å². The molecule has 0 saturated carbocycles. The molecular weight excluding hydrogens is 338 g/mol. The molecule has 1 atom stereocenters. The number of aliphatic hydroxyl groups is 1. The van der Waals surface area contributed by atoms with Gasteiger partial charge in [0.05, 0.1) is 24.1 Å². The number of H-pyrrole nitrogens is 1. The number of imidazole rings is 1. The third kappa shape index (κ3) is 4.19. The molecule has 1 aromatic heterocycles. The second-order valence-corrected chi connectivity index (χ2v) is 7.40. The van der Waals surface area contributed by atoms with E-state index in [0.29, 0.717) is 12.3 Å². The number of likely N-dealkylation sites (tertiary alicyclic amines) is 1. The minimum atomic E-state index is 0.0316. The maximum Gasteiger partial charge on any atom is 0.226 e. The Kier molecular flexibility index (Phi) is 5.21. The van der Waals surface area contributed by atoms with E-state index < -0.39 is 0 Å². The van der Waals surface area contributed by atoms with Crippen LogP contribution in [0.25, 0.3) is 11.0 Å². The molecule has 1 aliphatic heterocycles. The number of benzene rings is 2. The number of para-hydroxylation sites is 2. The second kappa shape index (κ2) is 7.92. The summed E-state index contributed by atoms with van der Waals surface area (Å²) in [6, 6.07) is 15.7. The standard InChI is InChI=1S/C22H25N3O2/c26-15-17-9-7-16(8-10-17)13-22(27)25-11-3-4-18(14-25)12-21-23-19-5-1-2-6-20(19)24-21/h1-2,5-10,18,26H,3-4,11-15H2,(H,23,24). The molecule has 0 radical (unpaired) electrons. The Morgan fingerprint density at radius 1 is 1.15 bits per heavy atom. The summed E-state index contributed by atoms with van der Waals surface area (Å²) in [5, 5.41) is 9.13. The van der Waals surface area contributed by atoms with Crippen molar-refractivity contribution in [3.63, 3.8) is 0 Å². The number of amides is 1. The predicted molar refractivity (Wildman–Crippen MR) is 105 cm³/mol. The summed E-state index contributed by atoms with van der Waals surface area (Å²) >= 11 is 0. The van der Waals surface area contributed by atoms with Crippen LogP contribution in [0.4, 0.5) is 0 Å². The Bertz CT molecular complexity index is 884. The molecule has 140 valence electrons. The monoisotopic (exact) mass is 363 g/mol. The summed E-state index contributed by atoms with van der Waals surface area (Å²) in [6.07, 6.45) is 3.47. The lowest BCUT2D eigenvalue weighted by Gasteiger charge is -2.32. The highest BCUT2D eigenvalue weighted by Crippen LogP contribution is 2.22. The van der Waals surface area contributed by atoms with Gasteiger partial charge in [0.2, 0.25) is 5.91 Å². The highest BCUT2D eigenvalue weighted by atomic mass is 16.3. The van der Waals surface area contributed by atoms with E-state index in [1.54, 1.807) is 0 Å². The first-order chi connectivity index (χ1) is 13.2. The molecule has 0 bridgehead atoms. The number of carbonyl (C=O) groups is 1. The predicted octanol–water partition coefficient (Wildman–Crippen LogP) is 3.08. The van der Waals surface area contributed by atoms with Gasteiger partial charge in [0.1, 0.15) is 5.82 Å². The first kappa shape index (κ1) is 17.7. The number of rotatable bonds is 5. The van der Waals surface area contributed by atoms with Gasteiger partial charge in [-0.2, -0.15) is 0 Å². The number of aliphatic hydroxyl groups excluding tert-OH is 1. The van der Waals surface area contributed by atoms with Crippen LogP contribution in [0.5, 0.6) is 0 Å². The quantitative estimate of drug-likeness (QED) is 0.732. The van der Waals surface area contributed by atoms with E-state index >= 15 is 0 Å². The third-order valence-electron chi connectivity index (χ3n) is 5.35. The molecule has 1 amide bonds. The van der Waals surface area contributed by atoms with Crippen LogP contribution in [0.3, 0.4) is 0 Å². The Balaban J connectivity index is 1.37. The molecule has 0 spiro atoms. The summed E-state index contributed by atoms with van der Waals surface area (Å²) < 4.78 is 0. The molecular formula is C22H25N3O2. The van der Waals surface area contributed by atoms with Crippen molar-refractivity contribution in [3.05, 3.63) is 65.5 Å². The van der Waals surface area contributed by atoms with Gasteiger partial charge in [-0.1, -0.05) is 36.4 Å². The maximum atomic E-state index is 12.7. The number of hydrogen-bond acceptors (Lipinski definition) is 3. The number of hydrogen-bond donors (Lipinski definition) is 2. The number of fused-ring (bicyclic) bond motifs is 1. The van der Waals surface area contributed by atoms with Crippen molar-refractivity contribution in [2.24, 2.45) is 5.92 Å². The molecule has 1 unspecified atom stereocenters. The van der Waals surface area contributed by atoms with E-state index in [9.17, 15) is 4.79 Å². The Morgan fingerprint density at radius 2 is 1.93 bits per heavy atom. The topological polar surface area (TPSA) is 69.2 Å². The van der Waals surface area contributed by atoms with Crippen LogP contribution in [0.15, 0.2) is 48.5 Å². The van der Waals surface area contributed by atoms with Crippen LogP contribution in [-0.4, -0.2) is 39.0 Å². The fourth-order valence-corrected chi connectivity index (χ4v) is 3.88. The lowest BCUT2D eigenvalue weighted by Crippen LogP contribution is -2.41. The smallest absolute Gasteiger partial charge is 0.226 e. The van der Waals surface area contributed by atoms with Crippen LogP contribution in [0.2, 0.25) is 0 Å². The molecule has 3 aromatic rings. The van der Waals surface area contributed by atoms with Crippen LogP contribution in [0, 0.1) is 5.92 Å². The largest absolute Gasteiger partial charge is 0.392 e. The van der Waals surface area contributed by atoms with Crippen molar-refractivity contribution in [3.8, 4) is 0 Å². The summed E-state index contributed by atoms with van der Waals surface area (Å²) in [6.45, 7) is 1.67. The highest BCUT2D eigenvalue weighted by molar-refractivity contribution is 5.79. The van der Waals surface area contributed by atoms with E-state index in [4.69, 9.17) is 5.11 Å². The zero-order valence-electron chi connectivity index (χ0n) is 15.4. The molecule has 27 heavy (non-hydrogen) atoms. The lowest BCUT2D eigenvalue weighted by molar-refractivity contribution is -0.132. The minimum Gasteiger partial charge on any atom is -0.392 e. The number of carbonyl (C=O) groups excluding carboxylic acids is 1. The Labute approximate surface area is 159 Å². The normalized spacial score (nSPS) is 17.4. The average Bonchev–Trinajstić information content (AvgIpc) is 3.11. The molecule has 2 N–H and O–H groups in total. The number of piperidine rings is 1. The van der Waals surface area contributed by atoms with Crippen molar-refractivity contribution >= 4 is 16.9 Å². The number of aromatic nitrogens is 2. The fraction of sp³-hybridized carbons (Fsp3) is 0.364. The molecule has 1 aliphatic rings. The summed E-state index contributed by atoms with van der Waals surface area (Å²) in [5.41, 5.74) is 3.94. The van der Waals surface area contributed by atoms with Crippen LogP contribution in [-0.2, 0) is 24.2 Å². The van der Waals surface area contributed by atoms with Crippen molar-refractivity contribution < 1.29 is 9.90 Å². The fourth-order valence-electron chi connectivity index (χ4n) is 3.88. The average molecular weight is 363 g/mol. The second-order valence-electron chi connectivity index (χ2n) is 7.40. The van der Waals surface area contributed by atoms with Gasteiger partial charge in [-0.25, -0.2) is 4.98 Å². The molecule has 4 rings (SSSR count). The van der Waals surface area contributed by atoms with Crippen LogP contribution >= 0.6 is 0 Å². The zero-order valence-corrected chi connectivity index (χ0v) is 15.4. The van der Waals surface area contributed by atoms with E-state index in [0.717, 1.165) is 60.3 Å². The van der Waals surface area contributed by atoms with Gasteiger partial charge < -0.3 is 15.0 Å². The Hall–Kier alpha value is -2.66. The molecule has 2 aromatic carbocycles. The van der Waals surface area contributed by atoms with Crippen molar-refractivity contribution in [2.45, 2.75) is 32.3 Å². The summed E-state index contributed by atoms with van der Waals surface area (Å²) in [5.74, 6) is 1.64.